The van der Waals surface area contributed by atoms with Crippen molar-refractivity contribution in [3.8, 4) is 11.5 Å². The van der Waals surface area contributed by atoms with Crippen molar-refractivity contribution < 1.29 is 14.3 Å². The molecule has 1 saturated heterocycles. The molecule has 2 aromatic carbocycles. The lowest BCUT2D eigenvalue weighted by Crippen LogP contribution is -2.30. The summed E-state index contributed by atoms with van der Waals surface area (Å²) in [4.78, 5) is 19.3. The van der Waals surface area contributed by atoms with Gasteiger partial charge in [-0.25, -0.2) is 0 Å². The number of hydrogen-bond donors (Lipinski definition) is 0. The first-order valence-corrected chi connectivity index (χ1v) is 10.1. The standard InChI is InChI=1S/C22H22N2O3S/c1-14-21(25)24(13-15-9-10-16-6-5-11-23-17(16)12-15)22(28-14)20-18(26-2)7-4-8-19(20)27-3/h4-12,14,22H,13H2,1-3H3. The molecule has 2 atom stereocenters. The van der Waals surface area contributed by atoms with Crippen LogP contribution in [0.3, 0.4) is 0 Å². The summed E-state index contributed by atoms with van der Waals surface area (Å²) in [5.74, 6) is 1.57. The molecule has 0 saturated carbocycles. The smallest absolute Gasteiger partial charge is 0.236 e. The molecule has 6 heteroatoms. The number of fused-ring (bicyclic) bond motifs is 1. The van der Waals surface area contributed by atoms with Crippen molar-refractivity contribution in [1.29, 1.82) is 0 Å². The molecule has 28 heavy (non-hydrogen) atoms. The summed E-state index contributed by atoms with van der Waals surface area (Å²) in [5, 5.41) is 0.788. The fraction of sp³-hybridized carbons (Fsp3) is 0.273. The van der Waals surface area contributed by atoms with Crippen LogP contribution in [0, 0.1) is 0 Å². The number of carbonyl (C=O) groups is 1. The summed E-state index contributed by atoms with van der Waals surface area (Å²) in [7, 11) is 3.28. The monoisotopic (exact) mass is 394 g/mol. The fourth-order valence-electron chi connectivity index (χ4n) is 3.59. The molecule has 0 spiro atoms. The van der Waals surface area contributed by atoms with E-state index in [4.69, 9.17) is 9.47 Å². The fourth-order valence-corrected chi connectivity index (χ4v) is 4.92. The van der Waals surface area contributed by atoms with Gasteiger partial charge in [0.15, 0.2) is 0 Å². The van der Waals surface area contributed by atoms with Crippen LogP contribution in [0.15, 0.2) is 54.7 Å². The number of nitrogens with zero attached hydrogens (tertiary/aromatic N) is 2. The van der Waals surface area contributed by atoms with Gasteiger partial charge in [-0.1, -0.05) is 24.3 Å². The van der Waals surface area contributed by atoms with Crippen LogP contribution in [-0.2, 0) is 11.3 Å². The van der Waals surface area contributed by atoms with Gasteiger partial charge in [0.05, 0.1) is 30.5 Å². The van der Waals surface area contributed by atoms with Crippen LogP contribution < -0.4 is 9.47 Å². The van der Waals surface area contributed by atoms with Crippen molar-refractivity contribution >= 4 is 28.6 Å². The third-order valence-corrected chi connectivity index (χ3v) is 6.34. The van der Waals surface area contributed by atoms with Gasteiger partial charge in [-0.3, -0.25) is 9.78 Å². The second kappa shape index (κ2) is 7.72. The van der Waals surface area contributed by atoms with Crippen molar-refractivity contribution in [3.05, 3.63) is 65.9 Å². The highest BCUT2D eigenvalue weighted by Gasteiger charge is 2.41. The zero-order valence-corrected chi connectivity index (χ0v) is 16.9. The lowest BCUT2D eigenvalue weighted by atomic mass is 10.1. The van der Waals surface area contributed by atoms with Gasteiger partial charge in [-0.05, 0) is 36.8 Å². The Balaban J connectivity index is 1.73. The number of pyridine rings is 1. The van der Waals surface area contributed by atoms with Crippen LogP contribution >= 0.6 is 11.8 Å². The molecule has 3 aromatic rings. The van der Waals surface area contributed by atoms with E-state index in [0.717, 1.165) is 33.5 Å². The Morgan fingerprint density at radius 1 is 1.07 bits per heavy atom. The molecule has 2 unspecified atom stereocenters. The number of aromatic nitrogens is 1. The molecule has 0 N–H and O–H groups in total. The Kier molecular flexibility index (Phi) is 5.13. The minimum atomic E-state index is -0.173. The number of rotatable bonds is 5. The highest BCUT2D eigenvalue weighted by atomic mass is 32.2. The Bertz CT molecular complexity index is 1000. The van der Waals surface area contributed by atoms with E-state index in [1.165, 1.54) is 0 Å². The van der Waals surface area contributed by atoms with Gasteiger partial charge in [0, 0.05) is 18.1 Å². The number of benzene rings is 2. The Morgan fingerprint density at radius 2 is 1.82 bits per heavy atom. The normalized spacial score (nSPS) is 19.2. The van der Waals surface area contributed by atoms with Gasteiger partial charge >= 0.3 is 0 Å². The van der Waals surface area contributed by atoms with Gasteiger partial charge < -0.3 is 14.4 Å². The average molecular weight is 394 g/mol. The molecule has 1 aliphatic rings. The second-order valence-corrected chi connectivity index (χ2v) is 8.13. The minimum Gasteiger partial charge on any atom is -0.496 e. The second-order valence-electron chi connectivity index (χ2n) is 6.70. The zero-order chi connectivity index (χ0) is 19.7. The van der Waals surface area contributed by atoms with Gasteiger partial charge in [0.25, 0.3) is 0 Å². The highest BCUT2D eigenvalue weighted by molar-refractivity contribution is 8.01. The first kappa shape index (κ1) is 18.6. The SMILES string of the molecule is COc1cccc(OC)c1C1SC(C)C(=O)N1Cc1ccc2cccnc2c1. The third-order valence-electron chi connectivity index (χ3n) is 4.98. The quantitative estimate of drug-likeness (QED) is 0.641. The molecule has 2 heterocycles. The maximum Gasteiger partial charge on any atom is 0.236 e. The van der Waals surface area contributed by atoms with E-state index < -0.39 is 0 Å². The van der Waals surface area contributed by atoms with Crippen molar-refractivity contribution in [2.24, 2.45) is 0 Å². The van der Waals surface area contributed by atoms with Crippen molar-refractivity contribution in [2.45, 2.75) is 24.1 Å². The maximum absolute atomic E-state index is 13.0. The Morgan fingerprint density at radius 3 is 2.54 bits per heavy atom. The molecule has 5 nitrogen and oxygen atoms in total. The first-order chi connectivity index (χ1) is 13.6. The molecule has 1 aliphatic heterocycles. The molecular weight excluding hydrogens is 372 g/mol. The van der Waals surface area contributed by atoms with Gasteiger partial charge in [0.1, 0.15) is 16.9 Å². The number of ether oxygens (including phenoxy) is 2. The largest absolute Gasteiger partial charge is 0.496 e. The predicted molar refractivity (Wildman–Crippen MR) is 112 cm³/mol. The van der Waals surface area contributed by atoms with Gasteiger partial charge in [-0.15, -0.1) is 11.8 Å². The van der Waals surface area contributed by atoms with E-state index in [-0.39, 0.29) is 16.5 Å². The molecule has 0 bridgehead atoms. The predicted octanol–water partition coefficient (Wildman–Crippen LogP) is 4.41. The summed E-state index contributed by atoms with van der Waals surface area (Å²) < 4.78 is 11.2. The molecular formula is C22H22N2O3S. The summed E-state index contributed by atoms with van der Waals surface area (Å²) >= 11 is 1.62. The molecule has 4 rings (SSSR count). The van der Waals surface area contributed by atoms with Crippen molar-refractivity contribution in [1.82, 2.24) is 9.88 Å². The lowest BCUT2D eigenvalue weighted by molar-refractivity contribution is -0.130. The van der Waals surface area contributed by atoms with Crippen LogP contribution in [0.2, 0.25) is 0 Å². The average Bonchev–Trinajstić information content (AvgIpc) is 3.01. The summed E-state index contributed by atoms with van der Waals surface area (Å²) in [6.45, 7) is 2.46. The number of amides is 1. The molecule has 1 aromatic heterocycles. The topological polar surface area (TPSA) is 51.7 Å². The highest BCUT2D eigenvalue weighted by Crippen LogP contribution is 2.49. The van der Waals surface area contributed by atoms with Crippen molar-refractivity contribution in [3.63, 3.8) is 0 Å². The molecule has 1 amide bonds. The number of thioether (sulfide) groups is 1. The minimum absolute atomic E-state index is 0.115. The Hall–Kier alpha value is -2.73. The van der Waals surface area contributed by atoms with Crippen LogP contribution in [-0.4, -0.2) is 35.3 Å². The summed E-state index contributed by atoms with van der Waals surface area (Å²) in [6.07, 6.45) is 1.79. The maximum atomic E-state index is 13.0. The number of hydrogen-bond acceptors (Lipinski definition) is 5. The van der Waals surface area contributed by atoms with Crippen LogP contribution in [0.1, 0.15) is 23.4 Å². The van der Waals surface area contributed by atoms with E-state index in [0.29, 0.717) is 6.54 Å². The molecule has 0 radical (unpaired) electrons. The molecule has 0 aliphatic carbocycles. The first-order valence-electron chi connectivity index (χ1n) is 9.13. The summed E-state index contributed by atoms with van der Waals surface area (Å²) in [5.41, 5.74) is 2.88. The lowest BCUT2D eigenvalue weighted by Gasteiger charge is -2.27. The number of methoxy groups -OCH3 is 2. The van der Waals surface area contributed by atoms with Crippen LogP contribution in [0.5, 0.6) is 11.5 Å². The van der Waals surface area contributed by atoms with E-state index in [1.807, 2.05) is 54.3 Å². The van der Waals surface area contributed by atoms with E-state index in [2.05, 4.69) is 11.1 Å². The summed E-state index contributed by atoms with van der Waals surface area (Å²) in [6, 6.07) is 15.8. The number of carbonyl (C=O) groups excluding carboxylic acids is 1. The van der Waals surface area contributed by atoms with Crippen LogP contribution in [0.25, 0.3) is 10.9 Å². The third kappa shape index (κ3) is 3.29. The molecule has 144 valence electrons. The van der Waals surface area contributed by atoms with Crippen molar-refractivity contribution in [2.75, 3.05) is 14.2 Å². The van der Waals surface area contributed by atoms with Gasteiger partial charge in [-0.2, -0.15) is 0 Å². The van der Waals surface area contributed by atoms with E-state index in [9.17, 15) is 4.79 Å². The van der Waals surface area contributed by atoms with E-state index in [1.54, 1.807) is 32.2 Å². The van der Waals surface area contributed by atoms with Crippen LogP contribution in [0.4, 0.5) is 0 Å². The van der Waals surface area contributed by atoms with Gasteiger partial charge in [0.2, 0.25) is 5.91 Å². The molecule has 1 fully saturated rings. The zero-order valence-electron chi connectivity index (χ0n) is 16.1. The van der Waals surface area contributed by atoms with E-state index >= 15 is 0 Å². The Labute approximate surface area is 168 Å².